The lowest BCUT2D eigenvalue weighted by atomic mass is 10.1. The van der Waals surface area contributed by atoms with Crippen LogP contribution < -0.4 is 8.92 Å². The number of furan rings is 2. The van der Waals surface area contributed by atoms with Crippen molar-refractivity contribution in [1.29, 1.82) is 0 Å². The van der Waals surface area contributed by atoms with Gasteiger partial charge in [-0.15, -0.1) is 0 Å². The molecule has 1 aliphatic rings. The Bertz CT molecular complexity index is 1580. The van der Waals surface area contributed by atoms with Crippen LogP contribution in [0.2, 0.25) is 0 Å². The van der Waals surface area contributed by atoms with Gasteiger partial charge in [0.05, 0.1) is 12.2 Å². The van der Waals surface area contributed by atoms with Gasteiger partial charge in [0, 0.05) is 6.42 Å². The molecule has 1 aromatic carbocycles. The van der Waals surface area contributed by atoms with Gasteiger partial charge in [0.1, 0.15) is 5.56 Å². The predicted molar refractivity (Wildman–Crippen MR) is 112 cm³/mol. The largest absolute Gasteiger partial charge is 0.462 e. The van der Waals surface area contributed by atoms with Gasteiger partial charge in [-0.25, -0.2) is 9.59 Å². The third-order valence-corrected chi connectivity index (χ3v) is 7.42. The lowest BCUT2D eigenvalue weighted by Crippen LogP contribution is -2.46. The Labute approximate surface area is 205 Å². The van der Waals surface area contributed by atoms with Crippen molar-refractivity contribution in [2.45, 2.75) is 35.3 Å². The van der Waals surface area contributed by atoms with E-state index in [1.165, 1.54) is 24.3 Å². The maximum Gasteiger partial charge on any atom is 0.431 e. The number of esters is 2. The first kappa shape index (κ1) is 26.6. The maximum absolute atomic E-state index is 13.5. The summed E-state index contributed by atoms with van der Waals surface area (Å²) in [5.74, 6) is -8.34. The maximum atomic E-state index is 13.5. The molecule has 3 aromatic rings. The minimum atomic E-state index is -6.38. The molecular formula is C20H14F4O11S2. The van der Waals surface area contributed by atoms with Crippen LogP contribution in [0.4, 0.5) is 17.6 Å². The van der Waals surface area contributed by atoms with Gasteiger partial charge in [-0.1, -0.05) is 18.2 Å². The van der Waals surface area contributed by atoms with E-state index in [9.17, 15) is 44.0 Å². The molecule has 200 valence electrons. The molecule has 0 saturated heterocycles. The van der Waals surface area contributed by atoms with Crippen LogP contribution in [0.25, 0.3) is 11.2 Å². The minimum Gasteiger partial charge on any atom is -0.462 e. The van der Waals surface area contributed by atoms with E-state index in [0.717, 1.165) is 0 Å². The third kappa shape index (κ3) is 4.46. The molecule has 1 aliphatic heterocycles. The Morgan fingerprint density at radius 1 is 1.00 bits per heavy atom. The van der Waals surface area contributed by atoms with Crippen LogP contribution in [0, 0.1) is 0 Å². The molecule has 2 bridgehead atoms. The molecule has 0 saturated carbocycles. The second kappa shape index (κ2) is 8.84. The van der Waals surface area contributed by atoms with Crippen molar-refractivity contribution in [3.8, 4) is 11.5 Å². The summed E-state index contributed by atoms with van der Waals surface area (Å²) in [6.07, 6.45) is -2.93. The van der Waals surface area contributed by atoms with E-state index in [2.05, 4.69) is 0 Å². The van der Waals surface area contributed by atoms with E-state index in [-0.39, 0.29) is 5.56 Å². The summed E-state index contributed by atoms with van der Waals surface area (Å²) >= 11 is 0. The van der Waals surface area contributed by atoms with E-state index in [4.69, 9.17) is 22.6 Å². The van der Waals surface area contributed by atoms with Crippen molar-refractivity contribution in [3.63, 3.8) is 0 Å². The van der Waals surface area contributed by atoms with Gasteiger partial charge in [0.25, 0.3) is 0 Å². The first-order valence-corrected chi connectivity index (χ1v) is 13.0. The van der Waals surface area contributed by atoms with E-state index in [0.29, 0.717) is 0 Å². The average molecular weight is 570 g/mol. The van der Waals surface area contributed by atoms with Gasteiger partial charge in [-0.05, 0) is 25.0 Å². The Morgan fingerprint density at radius 2 is 1.65 bits per heavy atom. The molecule has 0 spiro atoms. The lowest BCUT2D eigenvalue weighted by molar-refractivity contribution is -0.164. The van der Waals surface area contributed by atoms with Gasteiger partial charge in [0.15, 0.2) is 16.1 Å². The van der Waals surface area contributed by atoms with Crippen LogP contribution >= 0.6 is 0 Å². The van der Waals surface area contributed by atoms with Crippen LogP contribution in [0.15, 0.2) is 39.6 Å². The number of fused-ring (bicyclic) bond motifs is 1. The SMILES string of the molecule is O=C(Oc1c2c3oc1c(C(=O)OCCCCC(F)(F)C(F)(F)S(=O)(=O)O)c3S(=O)(=O)O2)c1ccccc1. The fourth-order valence-corrected chi connectivity index (χ4v) is 5.14. The first-order chi connectivity index (χ1) is 17.1. The van der Waals surface area contributed by atoms with Crippen LogP contribution in [0.3, 0.4) is 0 Å². The molecule has 3 heterocycles. The minimum absolute atomic E-state index is 0.0783. The Balaban J connectivity index is 1.46. The van der Waals surface area contributed by atoms with Gasteiger partial charge in [0.2, 0.25) is 11.5 Å². The zero-order valence-corrected chi connectivity index (χ0v) is 19.7. The number of halogens is 4. The fourth-order valence-electron chi connectivity index (χ4n) is 3.42. The number of hydrogen-bond acceptors (Lipinski definition) is 10. The van der Waals surface area contributed by atoms with Crippen LogP contribution in [-0.2, 0) is 25.0 Å². The second-order valence-electron chi connectivity index (χ2n) is 7.71. The number of unbranched alkanes of at least 4 members (excludes halogenated alkanes) is 1. The number of carbonyl (C=O) groups is 2. The number of benzene rings is 2. The van der Waals surface area contributed by atoms with Gasteiger partial charge in [-0.2, -0.15) is 34.4 Å². The summed E-state index contributed by atoms with van der Waals surface area (Å²) in [5.41, 5.74) is -1.51. The number of hydrogen-bond donors (Lipinski definition) is 1. The highest BCUT2D eigenvalue weighted by molar-refractivity contribution is 7.87. The van der Waals surface area contributed by atoms with E-state index in [1.54, 1.807) is 6.07 Å². The predicted octanol–water partition coefficient (Wildman–Crippen LogP) is 3.61. The average Bonchev–Trinajstić information content (AvgIpc) is 3.41. The molecule has 0 atom stereocenters. The first-order valence-electron chi connectivity index (χ1n) is 10.1. The lowest BCUT2D eigenvalue weighted by Gasteiger charge is -2.23. The number of ether oxygens (including phenoxy) is 2. The number of carbonyl (C=O) groups excluding carboxylic acids is 2. The number of alkyl halides is 4. The molecule has 0 amide bonds. The molecule has 17 heteroatoms. The number of rotatable bonds is 10. The molecule has 0 aliphatic carbocycles. The second-order valence-corrected chi connectivity index (χ2v) is 10.7. The molecule has 0 fully saturated rings. The Morgan fingerprint density at radius 3 is 2.27 bits per heavy atom. The van der Waals surface area contributed by atoms with Crippen molar-refractivity contribution in [2.24, 2.45) is 0 Å². The molecule has 11 nitrogen and oxygen atoms in total. The highest BCUT2D eigenvalue weighted by Crippen LogP contribution is 2.55. The molecule has 4 rings (SSSR count). The van der Waals surface area contributed by atoms with E-state index in [1.807, 2.05) is 0 Å². The monoisotopic (exact) mass is 570 g/mol. The van der Waals surface area contributed by atoms with E-state index < -0.39 is 102 Å². The highest BCUT2D eigenvalue weighted by Gasteiger charge is 2.64. The van der Waals surface area contributed by atoms with Crippen molar-refractivity contribution in [1.82, 2.24) is 0 Å². The summed E-state index contributed by atoms with van der Waals surface area (Å²) in [4.78, 5) is 24.3. The molecule has 0 unspecified atom stereocenters. The molecular weight excluding hydrogens is 556 g/mol. The molecule has 2 aromatic heterocycles. The Kier molecular flexibility index (Phi) is 6.36. The van der Waals surface area contributed by atoms with Crippen molar-refractivity contribution in [3.05, 3.63) is 41.5 Å². The third-order valence-electron chi connectivity index (χ3n) is 5.20. The highest BCUT2D eigenvalue weighted by atomic mass is 32.2. The van der Waals surface area contributed by atoms with Crippen molar-refractivity contribution in [2.75, 3.05) is 6.61 Å². The summed E-state index contributed by atoms with van der Waals surface area (Å²) in [7, 11) is -10.9. The summed E-state index contributed by atoms with van der Waals surface area (Å²) in [6.45, 7) is -0.678. The van der Waals surface area contributed by atoms with Crippen LogP contribution in [0.5, 0.6) is 11.5 Å². The van der Waals surface area contributed by atoms with Crippen LogP contribution in [0.1, 0.15) is 40.0 Å². The molecule has 1 N–H and O–H groups in total. The quantitative estimate of drug-likeness (QED) is 0.0946. The molecule has 37 heavy (non-hydrogen) atoms. The Hall–Kier alpha value is -3.44. The normalized spacial score (nSPS) is 15.1. The topological polar surface area (TPSA) is 163 Å². The standard InChI is InChI=1S/C20H14F4O11S2/c21-19(22,20(23,24)37(29,30)31)8-4-5-9-32-18(26)11-12-13(34-17(25)10-6-2-1-3-7-10)14-15(33-12)16(11)36(27,28)35-14/h1-3,6-7H,4-5,8-9H2,(H,29,30,31). The smallest absolute Gasteiger partial charge is 0.431 e. The zero-order valence-electron chi connectivity index (χ0n) is 18.1. The zero-order chi connectivity index (χ0) is 27.4. The summed E-state index contributed by atoms with van der Waals surface area (Å²) in [6, 6.07) is 7.49. The van der Waals surface area contributed by atoms with Gasteiger partial charge < -0.3 is 18.1 Å². The summed E-state index contributed by atoms with van der Waals surface area (Å²) in [5, 5.41) is -5.73. The van der Waals surface area contributed by atoms with Gasteiger partial charge >= 0.3 is 43.4 Å². The van der Waals surface area contributed by atoms with Crippen molar-refractivity contribution < 1.29 is 66.6 Å². The van der Waals surface area contributed by atoms with E-state index >= 15 is 0 Å². The molecule has 0 radical (unpaired) electrons. The van der Waals surface area contributed by atoms with Gasteiger partial charge in [-0.3, -0.25) is 4.55 Å². The van der Waals surface area contributed by atoms with Crippen LogP contribution in [-0.4, -0.2) is 51.1 Å². The summed E-state index contributed by atoms with van der Waals surface area (Å²) < 4.78 is 128. The van der Waals surface area contributed by atoms with Crippen molar-refractivity contribution >= 4 is 43.3 Å². The fraction of sp³-hybridized carbons (Fsp3) is 0.300.